The Hall–Kier alpha value is -7.43. The minimum absolute atomic E-state index is 0.147. The number of hydrogen-bond acceptors (Lipinski definition) is 4. The van der Waals surface area contributed by atoms with Gasteiger partial charge in [0.25, 0.3) is 0 Å². The van der Waals surface area contributed by atoms with E-state index in [9.17, 15) is 0 Å². The lowest BCUT2D eigenvalue weighted by molar-refractivity contribution is 0.973. The maximum Gasteiger partial charge on any atom is 0.160 e. The molecule has 0 spiro atoms. The molecule has 57 heavy (non-hydrogen) atoms. The Bertz CT molecular complexity index is 2780. The molecule has 2 aromatic heterocycles. The van der Waals surface area contributed by atoms with Crippen LogP contribution in [0.25, 0.3) is 84.4 Å². The average molecular weight is 733 g/mol. The van der Waals surface area contributed by atoms with Gasteiger partial charge in [-0.3, -0.25) is 0 Å². The molecule has 0 fully saturated rings. The number of nitrogens with zero attached hydrogens (tertiary/aromatic N) is 3. The SMILES string of the molecule is CC(/C=C\c1ccc2c(-c3ccccc3)cc(-c3ccccc3)nc2c1N)c1cccc(-c2ccc(-c3nc(-c4ccccc4)cc(-c4ccccc4)n3)cc2)c1. The van der Waals surface area contributed by atoms with Gasteiger partial charge >= 0.3 is 0 Å². The number of nitrogen functional groups attached to an aromatic ring is 1. The fourth-order valence-corrected chi connectivity index (χ4v) is 7.35. The van der Waals surface area contributed by atoms with Crippen LogP contribution in [0.5, 0.6) is 0 Å². The van der Waals surface area contributed by atoms with E-state index >= 15 is 0 Å². The highest BCUT2D eigenvalue weighted by atomic mass is 14.9. The van der Waals surface area contributed by atoms with Crippen LogP contribution in [-0.2, 0) is 0 Å². The quantitative estimate of drug-likeness (QED) is 0.150. The minimum atomic E-state index is 0.147. The van der Waals surface area contributed by atoms with E-state index in [1.807, 2.05) is 60.7 Å². The van der Waals surface area contributed by atoms with Crippen LogP contribution >= 0.6 is 0 Å². The van der Waals surface area contributed by atoms with Gasteiger partial charge in [-0.1, -0.05) is 201 Å². The number of anilines is 1. The molecule has 4 nitrogen and oxygen atoms in total. The number of allylic oxidation sites excluding steroid dienone is 1. The van der Waals surface area contributed by atoms with Gasteiger partial charge in [-0.05, 0) is 51.4 Å². The third-order valence-corrected chi connectivity index (χ3v) is 10.5. The molecule has 0 radical (unpaired) electrons. The van der Waals surface area contributed by atoms with Crippen molar-refractivity contribution in [2.75, 3.05) is 5.73 Å². The fraction of sp³-hybridized carbons (Fsp3) is 0.0377. The minimum Gasteiger partial charge on any atom is -0.396 e. The number of benzene rings is 7. The summed E-state index contributed by atoms with van der Waals surface area (Å²) in [6.07, 6.45) is 4.35. The van der Waals surface area contributed by atoms with Crippen molar-refractivity contribution in [1.82, 2.24) is 15.0 Å². The molecule has 0 aliphatic rings. The number of fused-ring (bicyclic) bond motifs is 1. The molecule has 0 aliphatic carbocycles. The summed E-state index contributed by atoms with van der Waals surface area (Å²) in [5.74, 6) is 0.846. The van der Waals surface area contributed by atoms with Crippen molar-refractivity contribution in [3.63, 3.8) is 0 Å². The second-order valence-electron chi connectivity index (χ2n) is 14.3. The molecule has 0 bridgehead atoms. The normalized spacial score (nSPS) is 11.9. The number of aromatic nitrogens is 3. The fourth-order valence-electron chi connectivity index (χ4n) is 7.35. The number of hydrogen-bond donors (Lipinski definition) is 1. The predicted octanol–water partition coefficient (Wildman–Crippen LogP) is 13.4. The number of pyridine rings is 1. The summed E-state index contributed by atoms with van der Waals surface area (Å²) < 4.78 is 0. The van der Waals surface area contributed by atoms with Gasteiger partial charge in [0.05, 0.1) is 28.3 Å². The molecule has 0 aliphatic heterocycles. The van der Waals surface area contributed by atoms with Crippen molar-refractivity contribution in [1.29, 1.82) is 0 Å². The molecule has 0 amide bonds. The Morgan fingerprint density at radius 2 is 0.947 bits per heavy atom. The van der Waals surface area contributed by atoms with Crippen LogP contribution in [0.2, 0.25) is 0 Å². The van der Waals surface area contributed by atoms with Crippen LogP contribution in [-0.4, -0.2) is 15.0 Å². The Balaban J connectivity index is 0.995. The van der Waals surface area contributed by atoms with Crippen molar-refractivity contribution >= 4 is 22.7 Å². The highest BCUT2D eigenvalue weighted by Gasteiger charge is 2.15. The Kier molecular flexibility index (Phi) is 9.74. The highest BCUT2D eigenvalue weighted by Crippen LogP contribution is 2.37. The van der Waals surface area contributed by atoms with E-state index in [1.165, 1.54) is 5.56 Å². The first-order valence-corrected chi connectivity index (χ1v) is 19.3. The average Bonchev–Trinajstić information content (AvgIpc) is 3.29. The van der Waals surface area contributed by atoms with Crippen molar-refractivity contribution in [3.8, 4) is 67.4 Å². The zero-order chi connectivity index (χ0) is 38.6. The van der Waals surface area contributed by atoms with Crippen LogP contribution in [0.1, 0.15) is 24.0 Å². The van der Waals surface area contributed by atoms with E-state index in [-0.39, 0.29) is 5.92 Å². The maximum absolute atomic E-state index is 6.95. The smallest absolute Gasteiger partial charge is 0.160 e. The van der Waals surface area contributed by atoms with Crippen LogP contribution in [0.4, 0.5) is 5.69 Å². The second kappa shape index (κ2) is 15.7. The molecule has 0 saturated heterocycles. The van der Waals surface area contributed by atoms with Crippen LogP contribution < -0.4 is 5.73 Å². The van der Waals surface area contributed by atoms with E-state index in [1.54, 1.807) is 0 Å². The van der Waals surface area contributed by atoms with Gasteiger partial charge < -0.3 is 5.73 Å². The Morgan fingerprint density at radius 3 is 1.53 bits per heavy atom. The molecule has 4 heteroatoms. The van der Waals surface area contributed by atoms with Gasteiger partial charge in [-0.25, -0.2) is 15.0 Å². The largest absolute Gasteiger partial charge is 0.396 e. The summed E-state index contributed by atoms with van der Waals surface area (Å²) in [4.78, 5) is 15.1. The van der Waals surface area contributed by atoms with Crippen LogP contribution in [0.15, 0.2) is 200 Å². The van der Waals surface area contributed by atoms with Gasteiger partial charge in [0.2, 0.25) is 0 Å². The molecule has 0 saturated carbocycles. The molecular weight excluding hydrogens is 693 g/mol. The third-order valence-electron chi connectivity index (χ3n) is 10.5. The summed E-state index contributed by atoms with van der Waals surface area (Å²) in [5, 5.41) is 1.04. The molecule has 7 aromatic carbocycles. The zero-order valence-electron chi connectivity index (χ0n) is 31.6. The Labute approximate surface area is 333 Å². The van der Waals surface area contributed by atoms with Gasteiger partial charge in [0.15, 0.2) is 5.82 Å². The van der Waals surface area contributed by atoms with Gasteiger partial charge in [-0.15, -0.1) is 0 Å². The zero-order valence-corrected chi connectivity index (χ0v) is 31.6. The molecule has 2 heterocycles. The molecule has 9 rings (SSSR count). The summed E-state index contributed by atoms with van der Waals surface area (Å²) in [5.41, 5.74) is 22.0. The monoisotopic (exact) mass is 732 g/mol. The first-order chi connectivity index (χ1) is 28.1. The first kappa shape index (κ1) is 35.3. The maximum atomic E-state index is 6.95. The van der Waals surface area contributed by atoms with Crippen LogP contribution in [0, 0.1) is 0 Å². The van der Waals surface area contributed by atoms with E-state index in [2.05, 4.69) is 153 Å². The third kappa shape index (κ3) is 7.49. The van der Waals surface area contributed by atoms with E-state index < -0.39 is 0 Å². The summed E-state index contributed by atoms with van der Waals surface area (Å²) in [7, 11) is 0. The summed E-state index contributed by atoms with van der Waals surface area (Å²) in [6.45, 7) is 2.22. The molecule has 9 aromatic rings. The number of rotatable bonds is 9. The Morgan fingerprint density at radius 1 is 0.439 bits per heavy atom. The molecular formula is C53H40N4. The first-order valence-electron chi connectivity index (χ1n) is 19.3. The summed E-state index contributed by atoms with van der Waals surface area (Å²) in [6, 6.07) is 67.1. The molecule has 2 N–H and O–H groups in total. The van der Waals surface area contributed by atoms with Gasteiger partial charge in [0.1, 0.15) is 0 Å². The van der Waals surface area contributed by atoms with Crippen LogP contribution in [0.3, 0.4) is 0 Å². The van der Waals surface area contributed by atoms with E-state index in [4.69, 9.17) is 20.7 Å². The van der Waals surface area contributed by atoms with E-state index in [0.29, 0.717) is 11.5 Å². The van der Waals surface area contributed by atoms with Crippen molar-refractivity contribution in [2.45, 2.75) is 12.8 Å². The number of nitrogens with two attached hydrogens (primary N) is 1. The lowest BCUT2D eigenvalue weighted by atomic mass is 9.94. The second-order valence-corrected chi connectivity index (χ2v) is 14.3. The van der Waals surface area contributed by atoms with Gasteiger partial charge in [-0.2, -0.15) is 0 Å². The van der Waals surface area contributed by atoms with E-state index in [0.717, 1.165) is 78.1 Å². The predicted molar refractivity (Wildman–Crippen MR) is 238 cm³/mol. The summed E-state index contributed by atoms with van der Waals surface area (Å²) >= 11 is 0. The van der Waals surface area contributed by atoms with Crippen molar-refractivity contribution in [3.05, 3.63) is 211 Å². The molecule has 1 atom stereocenters. The standard InChI is InChI=1S/C53H40N4/c1-36(25-26-42-31-32-46-47(38-15-6-2-7-16-38)34-48(55-52(46)51(42)54)39-17-8-3-9-18-39)44-23-14-24-45(33-44)37-27-29-43(30-28-37)53-56-49(40-19-10-4-11-20-40)35-50(57-53)41-21-12-5-13-22-41/h2-36H,54H2,1H3/b26-25-. The highest BCUT2D eigenvalue weighted by molar-refractivity contribution is 6.04. The molecule has 272 valence electrons. The lowest BCUT2D eigenvalue weighted by Crippen LogP contribution is -1.97. The van der Waals surface area contributed by atoms with Crippen molar-refractivity contribution < 1.29 is 0 Å². The topological polar surface area (TPSA) is 64.7 Å². The van der Waals surface area contributed by atoms with Crippen molar-refractivity contribution in [2.24, 2.45) is 0 Å². The van der Waals surface area contributed by atoms with Gasteiger partial charge in [0, 0.05) is 27.6 Å². The lowest BCUT2D eigenvalue weighted by Gasteiger charge is -2.14. The molecule has 1 unspecified atom stereocenters.